The average Bonchev–Trinajstić information content (AvgIpc) is 3.14. The Balaban J connectivity index is 1.73. The van der Waals surface area contributed by atoms with Crippen LogP contribution in [0.1, 0.15) is 43.0 Å². The van der Waals surface area contributed by atoms with Crippen LogP contribution in [0, 0.1) is 5.21 Å². The minimum Gasteiger partial charge on any atom is -0.747 e. The van der Waals surface area contributed by atoms with Crippen LogP contribution in [0.4, 0.5) is 11.4 Å². The Hall–Kier alpha value is -2.61. The Bertz CT molecular complexity index is 1160. The van der Waals surface area contributed by atoms with Crippen LogP contribution in [-0.4, -0.2) is 76.8 Å². The molecule has 210 valence electrons. The zero-order valence-electron chi connectivity index (χ0n) is 20.2. The van der Waals surface area contributed by atoms with Gasteiger partial charge in [0, 0.05) is 24.1 Å². The Morgan fingerprint density at radius 2 is 2.00 bits per heavy atom. The quantitative estimate of drug-likeness (QED) is 0.0636. The summed E-state index contributed by atoms with van der Waals surface area (Å²) in [7, 11) is -2.54. The lowest BCUT2D eigenvalue weighted by atomic mass is 10.1. The molecule has 1 aromatic carbocycles. The van der Waals surface area contributed by atoms with E-state index in [1.165, 1.54) is 39.8 Å². The van der Waals surface area contributed by atoms with E-state index in [0.717, 1.165) is 12.8 Å². The van der Waals surface area contributed by atoms with E-state index in [-0.39, 0.29) is 35.0 Å². The summed E-state index contributed by atoms with van der Waals surface area (Å²) in [5.74, 6) is -3.46. The molecule has 3 N–H and O–H groups in total. The molecule has 1 aliphatic rings. The van der Waals surface area contributed by atoms with Gasteiger partial charge in [-0.05, 0) is 18.6 Å². The van der Waals surface area contributed by atoms with Gasteiger partial charge in [-0.15, -0.1) is 5.06 Å². The summed E-state index contributed by atoms with van der Waals surface area (Å²) >= 11 is 0. The van der Waals surface area contributed by atoms with E-state index in [0.29, 0.717) is 18.0 Å². The summed E-state index contributed by atoms with van der Waals surface area (Å²) in [6, 6.07) is 4.11. The fourth-order valence-corrected chi connectivity index (χ4v) is 5.49. The number of nitrogens with one attached hydrogen (secondary N) is 2. The molecule has 1 heterocycles. The van der Waals surface area contributed by atoms with E-state index < -0.39 is 50.7 Å². The van der Waals surface area contributed by atoms with Crippen molar-refractivity contribution < 1.29 is 47.4 Å². The van der Waals surface area contributed by atoms with E-state index in [1.54, 1.807) is 0 Å². The number of hydrogen-bond acceptors (Lipinski definition) is 14. The molecule has 0 aromatic heterocycles. The van der Waals surface area contributed by atoms with Crippen molar-refractivity contribution in [1.82, 2.24) is 10.4 Å². The lowest BCUT2D eigenvalue weighted by Gasteiger charge is -2.15. The van der Waals surface area contributed by atoms with E-state index >= 15 is 0 Å². The van der Waals surface area contributed by atoms with Crippen LogP contribution < -0.4 is 10.5 Å². The van der Waals surface area contributed by atoms with Crippen molar-refractivity contribution in [3.8, 4) is 0 Å². The monoisotopic (exact) mass is 592 g/mol. The Morgan fingerprint density at radius 3 is 2.63 bits per heavy atom. The van der Waals surface area contributed by atoms with Crippen molar-refractivity contribution in [2.45, 2.75) is 37.9 Å². The van der Waals surface area contributed by atoms with Crippen molar-refractivity contribution >= 4 is 66.8 Å². The minimum atomic E-state index is -5.05. The number of nitrogens with zero attached hydrogens (tertiary/aromatic N) is 3. The number of carbonyl (C=O) groups is 4. The fourth-order valence-electron chi connectivity index (χ4n) is 2.92. The van der Waals surface area contributed by atoms with E-state index in [2.05, 4.69) is 20.4 Å². The normalized spacial score (nSPS) is 16.7. The molecule has 0 radical (unpaired) electrons. The Morgan fingerprint density at radius 1 is 1.29 bits per heavy atom. The highest BCUT2D eigenvalue weighted by Gasteiger charge is 2.45. The van der Waals surface area contributed by atoms with Crippen LogP contribution in [0.2, 0.25) is 0 Å². The van der Waals surface area contributed by atoms with Gasteiger partial charge in [0.2, 0.25) is 0 Å². The zero-order chi connectivity index (χ0) is 28.3. The molecule has 0 saturated carbocycles. The van der Waals surface area contributed by atoms with E-state index in [4.69, 9.17) is 0 Å². The predicted molar refractivity (Wildman–Crippen MR) is 134 cm³/mol. The number of carbonyl (C=O) groups excluding carboxylic acids is 4. The highest BCUT2D eigenvalue weighted by atomic mass is 33.1. The third-order valence-corrected chi connectivity index (χ3v) is 8.30. The molecule has 1 saturated heterocycles. The molecular weight excluding hydrogens is 566 g/mol. The maximum atomic E-state index is 12.5. The van der Waals surface area contributed by atoms with Gasteiger partial charge in [0.1, 0.15) is 20.9 Å². The Labute approximate surface area is 226 Å². The first kappa shape index (κ1) is 31.6. The van der Waals surface area contributed by atoms with Crippen LogP contribution in [0.3, 0.4) is 0 Å². The van der Waals surface area contributed by atoms with Gasteiger partial charge >= 0.3 is 5.97 Å². The maximum absolute atomic E-state index is 12.5. The Kier molecular flexibility index (Phi) is 12.6. The molecule has 0 spiro atoms. The largest absolute Gasteiger partial charge is 0.747 e. The van der Waals surface area contributed by atoms with Gasteiger partial charge in [0.25, 0.3) is 17.7 Å². The number of amides is 3. The van der Waals surface area contributed by atoms with Crippen LogP contribution in [-0.2, 0) is 29.3 Å². The molecule has 2 atom stereocenters. The van der Waals surface area contributed by atoms with E-state index in [9.17, 15) is 42.6 Å². The first-order chi connectivity index (χ1) is 18.0. The third kappa shape index (κ3) is 9.61. The second-order valence-electron chi connectivity index (χ2n) is 7.68. The van der Waals surface area contributed by atoms with Crippen molar-refractivity contribution in [1.29, 1.82) is 0 Å². The smallest absolute Gasteiger partial charge is 0.334 e. The standard InChI is InChI=1S/C20H27N5O10S3/c1-2-3-7-22-23-13-4-5-15(25(30)31)14(11-13)19(28)21-8-10-37-36-9-6-18(27)35-24-17(26)12-16(20(24)29)38(32,33)34/h4-5,11,16,25,30H,2-3,6-10,12H2,1H3,(H,21,28)(H,32,33,34)/p-1. The van der Waals surface area contributed by atoms with Crippen LogP contribution in [0.15, 0.2) is 28.4 Å². The fraction of sp³-hybridized carbons (Fsp3) is 0.500. The SMILES string of the molecule is CCCCN=Nc1ccc([NH+]([O-])O)c(C(=O)NCCSSCCC(=O)ON2C(=O)CC(S(=O)(=O)[O-])C2=O)c1. The van der Waals surface area contributed by atoms with Crippen molar-refractivity contribution in [2.24, 2.45) is 10.2 Å². The molecular formula is C20H26N5O10S3-. The number of rotatable bonds is 15. The highest BCUT2D eigenvalue weighted by Crippen LogP contribution is 2.24. The predicted octanol–water partition coefficient (Wildman–Crippen LogP) is 0.606. The number of imide groups is 1. The van der Waals surface area contributed by atoms with Crippen LogP contribution >= 0.6 is 21.6 Å². The topological polar surface area (TPSA) is 222 Å². The number of quaternary nitrogens is 1. The number of hydroxylamine groups is 2. The second-order valence-corrected chi connectivity index (χ2v) is 11.9. The summed E-state index contributed by atoms with van der Waals surface area (Å²) in [4.78, 5) is 52.5. The lowest BCUT2D eigenvalue weighted by molar-refractivity contribution is -0.991. The van der Waals surface area contributed by atoms with Crippen molar-refractivity contribution in [3.05, 3.63) is 29.0 Å². The second kappa shape index (κ2) is 15.1. The van der Waals surface area contributed by atoms with Crippen LogP contribution in [0.5, 0.6) is 0 Å². The molecule has 2 rings (SSSR count). The molecule has 0 bridgehead atoms. The summed E-state index contributed by atoms with van der Waals surface area (Å²) in [6.45, 7) is 2.71. The first-order valence-electron chi connectivity index (χ1n) is 11.3. The van der Waals surface area contributed by atoms with Gasteiger partial charge in [-0.2, -0.15) is 15.5 Å². The summed E-state index contributed by atoms with van der Waals surface area (Å²) in [5.41, 5.74) is 0.128. The maximum Gasteiger partial charge on any atom is 0.334 e. The summed E-state index contributed by atoms with van der Waals surface area (Å²) in [6.07, 6.45) is 0.699. The summed E-state index contributed by atoms with van der Waals surface area (Å²) in [5, 5.41) is 28.1. The molecule has 0 aliphatic carbocycles. The molecule has 38 heavy (non-hydrogen) atoms. The summed E-state index contributed by atoms with van der Waals surface area (Å²) < 4.78 is 33.0. The van der Waals surface area contributed by atoms with Gasteiger partial charge in [-0.25, -0.2) is 18.4 Å². The zero-order valence-corrected chi connectivity index (χ0v) is 22.6. The number of hydrogen-bond donors (Lipinski definition) is 3. The molecule has 3 amide bonds. The van der Waals surface area contributed by atoms with E-state index in [1.807, 2.05) is 6.92 Å². The lowest BCUT2D eigenvalue weighted by Crippen LogP contribution is -2.99. The first-order valence-corrected chi connectivity index (χ1v) is 15.2. The van der Waals surface area contributed by atoms with Gasteiger partial charge in [-0.3, -0.25) is 14.4 Å². The highest BCUT2D eigenvalue weighted by molar-refractivity contribution is 8.76. The molecule has 1 aliphatic heterocycles. The van der Waals surface area contributed by atoms with Crippen molar-refractivity contribution in [2.75, 3.05) is 24.6 Å². The molecule has 18 heteroatoms. The molecule has 1 fully saturated rings. The van der Waals surface area contributed by atoms with Gasteiger partial charge in [-0.1, -0.05) is 34.9 Å². The number of azo groups is 1. The number of unbranched alkanes of at least 4 members (excludes halogenated alkanes) is 1. The van der Waals surface area contributed by atoms with Crippen LogP contribution in [0.25, 0.3) is 0 Å². The number of benzene rings is 1. The molecule has 2 unspecified atom stereocenters. The minimum absolute atomic E-state index is 0.00273. The average molecular weight is 593 g/mol. The molecule has 15 nitrogen and oxygen atoms in total. The van der Waals surface area contributed by atoms with Gasteiger partial charge < -0.3 is 19.9 Å². The van der Waals surface area contributed by atoms with Gasteiger partial charge in [0.15, 0.2) is 5.69 Å². The third-order valence-electron chi connectivity index (χ3n) is 4.82. The molecule has 1 aromatic rings. The van der Waals surface area contributed by atoms with Gasteiger partial charge in [0.05, 0.1) is 25.1 Å². The van der Waals surface area contributed by atoms with Crippen molar-refractivity contribution in [3.63, 3.8) is 0 Å².